The average molecular weight is 474 g/mol. The zero-order chi connectivity index (χ0) is 22.6. The molecule has 2 aliphatic rings. The molecule has 33 heavy (non-hydrogen) atoms. The molecule has 0 aliphatic carbocycles. The predicted molar refractivity (Wildman–Crippen MR) is 131 cm³/mol. The number of nitrogens with zero attached hydrogens (tertiary/aromatic N) is 5. The van der Waals surface area contributed by atoms with Crippen LogP contribution in [0.2, 0.25) is 0 Å². The second-order valence-corrected chi connectivity index (χ2v) is 9.30. The van der Waals surface area contributed by atoms with Crippen molar-refractivity contribution < 1.29 is 9.18 Å². The van der Waals surface area contributed by atoms with Crippen molar-refractivity contribution in [2.75, 3.05) is 41.3 Å². The van der Waals surface area contributed by atoms with Gasteiger partial charge in [-0.25, -0.2) is 14.2 Å². The van der Waals surface area contributed by atoms with Gasteiger partial charge in [-0.3, -0.25) is 9.58 Å². The Labute approximate surface area is 198 Å². The Morgan fingerprint density at radius 1 is 1.30 bits per heavy atom. The lowest BCUT2D eigenvalue weighted by atomic mass is 10.0. The Bertz CT molecular complexity index is 1230. The van der Waals surface area contributed by atoms with Crippen LogP contribution in [-0.4, -0.2) is 52.5 Å². The highest BCUT2D eigenvalue weighted by atomic mass is 35.5. The van der Waals surface area contributed by atoms with Crippen LogP contribution in [0.3, 0.4) is 0 Å². The van der Waals surface area contributed by atoms with E-state index in [0.29, 0.717) is 23.4 Å². The van der Waals surface area contributed by atoms with Crippen LogP contribution in [0.25, 0.3) is 10.9 Å². The van der Waals surface area contributed by atoms with E-state index in [9.17, 15) is 9.18 Å². The number of anilines is 3. The molecule has 10 heteroatoms. The molecule has 2 amide bonds. The molecule has 8 nitrogen and oxygen atoms in total. The maximum Gasteiger partial charge on any atom is 0.327 e. The van der Waals surface area contributed by atoms with Crippen LogP contribution in [0.5, 0.6) is 0 Å². The summed E-state index contributed by atoms with van der Waals surface area (Å²) in [5, 5.41) is 11.4. The number of hydrogen-bond donors (Lipinski definition) is 2. The van der Waals surface area contributed by atoms with Gasteiger partial charge in [-0.15, -0.1) is 12.4 Å². The minimum atomic E-state index is -0.464. The average Bonchev–Trinajstić information content (AvgIpc) is 3.34. The summed E-state index contributed by atoms with van der Waals surface area (Å²) in [5.74, 6) is 0.185. The van der Waals surface area contributed by atoms with Gasteiger partial charge in [0, 0.05) is 73.4 Å². The molecule has 1 fully saturated rings. The van der Waals surface area contributed by atoms with E-state index in [-0.39, 0.29) is 29.7 Å². The van der Waals surface area contributed by atoms with Crippen LogP contribution < -0.4 is 20.4 Å². The van der Waals surface area contributed by atoms with Gasteiger partial charge in [0.1, 0.15) is 5.82 Å². The molecular weight excluding hydrogens is 445 g/mol. The van der Waals surface area contributed by atoms with Crippen molar-refractivity contribution >= 4 is 46.5 Å². The second kappa shape index (κ2) is 8.46. The SMILES string of the molecule is Cc1c(F)c(NC(=O)N2CCc3c(N4CCNC(C)(C)C4)ccnc32)cc2cn(C)nc12.Cl. The van der Waals surface area contributed by atoms with E-state index in [1.807, 2.05) is 12.3 Å². The first kappa shape index (κ1) is 23.3. The van der Waals surface area contributed by atoms with Gasteiger partial charge < -0.3 is 15.5 Å². The summed E-state index contributed by atoms with van der Waals surface area (Å²) in [6.07, 6.45) is 4.28. The molecule has 0 saturated carbocycles. The summed E-state index contributed by atoms with van der Waals surface area (Å²) >= 11 is 0. The zero-order valence-corrected chi connectivity index (χ0v) is 20.1. The molecule has 2 aliphatic heterocycles. The molecule has 1 saturated heterocycles. The van der Waals surface area contributed by atoms with Crippen molar-refractivity contribution in [3.05, 3.63) is 41.5 Å². The Morgan fingerprint density at radius 2 is 2.09 bits per heavy atom. The Kier molecular flexibility index (Phi) is 5.96. The summed E-state index contributed by atoms with van der Waals surface area (Å²) in [6.45, 7) is 9.26. The molecule has 1 aromatic carbocycles. The highest BCUT2D eigenvalue weighted by molar-refractivity contribution is 6.04. The fourth-order valence-corrected chi connectivity index (χ4v) is 4.82. The van der Waals surface area contributed by atoms with E-state index in [1.165, 1.54) is 0 Å². The number of rotatable bonds is 2. The fourth-order valence-electron chi connectivity index (χ4n) is 4.82. The van der Waals surface area contributed by atoms with Crippen LogP contribution >= 0.6 is 12.4 Å². The van der Waals surface area contributed by atoms with Crippen molar-refractivity contribution in [1.29, 1.82) is 0 Å². The predicted octanol–water partition coefficient (Wildman–Crippen LogP) is 3.62. The minimum absolute atomic E-state index is 0. The second-order valence-electron chi connectivity index (χ2n) is 9.30. The van der Waals surface area contributed by atoms with Gasteiger partial charge in [-0.05, 0) is 39.3 Å². The lowest BCUT2D eigenvalue weighted by Gasteiger charge is -2.41. The van der Waals surface area contributed by atoms with E-state index in [2.05, 4.69) is 39.5 Å². The highest BCUT2D eigenvalue weighted by Gasteiger charge is 2.33. The number of urea groups is 1. The van der Waals surface area contributed by atoms with Gasteiger partial charge in [-0.1, -0.05) is 0 Å². The van der Waals surface area contributed by atoms with Crippen molar-refractivity contribution in [3.63, 3.8) is 0 Å². The Hall–Kier alpha value is -2.91. The van der Waals surface area contributed by atoms with E-state index < -0.39 is 5.82 Å². The monoisotopic (exact) mass is 473 g/mol. The minimum Gasteiger partial charge on any atom is -0.368 e. The molecule has 0 spiro atoms. The highest BCUT2D eigenvalue weighted by Crippen LogP contribution is 2.35. The summed E-state index contributed by atoms with van der Waals surface area (Å²) in [7, 11) is 1.79. The lowest BCUT2D eigenvalue weighted by molar-refractivity contribution is 0.257. The summed E-state index contributed by atoms with van der Waals surface area (Å²) in [4.78, 5) is 21.6. The van der Waals surface area contributed by atoms with Gasteiger partial charge in [-0.2, -0.15) is 5.10 Å². The molecule has 3 aromatic rings. The first-order valence-electron chi connectivity index (χ1n) is 10.9. The molecule has 0 atom stereocenters. The number of pyridine rings is 1. The Balaban J connectivity index is 0.00000259. The molecule has 5 rings (SSSR count). The van der Waals surface area contributed by atoms with Crippen molar-refractivity contribution in [2.45, 2.75) is 32.7 Å². The number of carbonyl (C=O) groups is 1. The number of benzene rings is 1. The van der Waals surface area contributed by atoms with Gasteiger partial charge >= 0.3 is 6.03 Å². The number of aryl methyl sites for hydroxylation is 2. The molecule has 0 unspecified atom stereocenters. The Morgan fingerprint density at radius 3 is 2.85 bits per heavy atom. The maximum absolute atomic E-state index is 15.0. The molecule has 2 aromatic heterocycles. The number of nitrogens with one attached hydrogen (secondary N) is 2. The number of halogens is 2. The normalized spacial score (nSPS) is 17.1. The zero-order valence-electron chi connectivity index (χ0n) is 19.3. The molecule has 0 bridgehead atoms. The first-order chi connectivity index (χ1) is 15.2. The third-order valence-corrected chi connectivity index (χ3v) is 6.33. The van der Waals surface area contributed by atoms with Crippen molar-refractivity contribution in [1.82, 2.24) is 20.1 Å². The van der Waals surface area contributed by atoms with Crippen LogP contribution in [-0.2, 0) is 13.5 Å². The largest absolute Gasteiger partial charge is 0.368 e. The summed E-state index contributed by atoms with van der Waals surface area (Å²) in [5.41, 5.74) is 3.38. The van der Waals surface area contributed by atoms with E-state index >= 15 is 0 Å². The first-order valence-corrected chi connectivity index (χ1v) is 10.9. The molecule has 2 N–H and O–H groups in total. The van der Waals surface area contributed by atoms with E-state index in [4.69, 9.17) is 0 Å². The molecule has 0 radical (unpaired) electrons. The molecule has 4 heterocycles. The number of amides is 2. The van der Waals surface area contributed by atoms with Crippen LogP contribution in [0, 0.1) is 12.7 Å². The fraction of sp³-hybridized carbons (Fsp3) is 0.435. The topological polar surface area (TPSA) is 78.3 Å². The number of carbonyl (C=O) groups excluding carboxylic acids is 1. The van der Waals surface area contributed by atoms with E-state index in [1.54, 1.807) is 35.8 Å². The number of fused-ring (bicyclic) bond motifs is 2. The number of piperazine rings is 1. The quantitative estimate of drug-likeness (QED) is 0.594. The van der Waals surface area contributed by atoms with Crippen LogP contribution in [0.15, 0.2) is 24.5 Å². The van der Waals surface area contributed by atoms with Gasteiger partial charge in [0.25, 0.3) is 0 Å². The van der Waals surface area contributed by atoms with Crippen molar-refractivity contribution in [3.8, 4) is 0 Å². The van der Waals surface area contributed by atoms with E-state index in [0.717, 1.165) is 42.7 Å². The van der Waals surface area contributed by atoms with Crippen LogP contribution in [0.1, 0.15) is 25.0 Å². The van der Waals surface area contributed by atoms with Crippen LogP contribution in [0.4, 0.5) is 26.4 Å². The number of aromatic nitrogens is 3. The van der Waals surface area contributed by atoms with Gasteiger partial charge in [0.05, 0.1) is 11.2 Å². The third kappa shape index (κ3) is 4.11. The van der Waals surface area contributed by atoms with Crippen molar-refractivity contribution in [2.24, 2.45) is 7.05 Å². The summed E-state index contributed by atoms with van der Waals surface area (Å²) < 4.78 is 16.6. The summed E-state index contributed by atoms with van der Waals surface area (Å²) in [6, 6.07) is 3.28. The van der Waals surface area contributed by atoms with Gasteiger partial charge in [0.15, 0.2) is 5.82 Å². The molecular formula is C23H29ClFN7O. The standard InChI is InChI=1S/C23H28FN7O.ClH/c1-14-19(24)17(11-15-12-29(4)28-20(14)15)27-22(32)31-9-6-16-18(5-7-25-21(16)31)30-10-8-26-23(2,3)13-30;/h5,7,11-12,26H,6,8-10,13H2,1-4H3,(H,27,32);1H. The lowest BCUT2D eigenvalue weighted by Crippen LogP contribution is -2.57. The number of hydrogen-bond acceptors (Lipinski definition) is 5. The third-order valence-electron chi connectivity index (χ3n) is 6.33. The smallest absolute Gasteiger partial charge is 0.327 e. The maximum atomic E-state index is 15.0. The van der Waals surface area contributed by atoms with Gasteiger partial charge in [0.2, 0.25) is 0 Å². The molecule has 176 valence electrons.